The lowest BCUT2D eigenvalue weighted by Gasteiger charge is -2.24. The topological polar surface area (TPSA) is 111 Å². The zero-order chi connectivity index (χ0) is 33.2. The van der Waals surface area contributed by atoms with Crippen molar-refractivity contribution in [3.05, 3.63) is 69.7 Å². The number of nitrogens with one attached hydrogen (secondary N) is 1. The molecule has 13 heteroatoms. The van der Waals surface area contributed by atoms with Crippen molar-refractivity contribution < 1.29 is 27.5 Å². The number of esters is 2. The van der Waals surface area contributed by atoms with E-state index in [0.717, 1.165) is 11.1 Å². The molecule has 8 nitrogen and oxygen atoms in total. The molecule has 2 aromatic carbocycles. The number of ether oxygens (including phenoxy) is 2. The molecule has 1 N–H and O–H groups in total. The van der Waals surface area contributed by atoms with Crippen LogP contribution in [0, 0.1) is 0 Å². The molecule has 0 aliphatic rings. The van der Waals surface area contributed by atoms with Crippen LogP contribution < -0.4 is 4.72 Å². The second-order valence-corrected chi connectivity index (χ2v) is 16.1. The van der Waals surface area contributed by atoms with E-state index < -0.39 is 32.8 Å². The van der Waals surface area contributed by atoms with Gasteiger partial charge in [0.2, 0.25) is 0 Å². The molecule has 43 heavy (non-hydrogen) atoms. The molecule has 0 aromatic heterocycles. The number of carbonyl (C=O) groups is 2. The summed E-state index contributed by atoms with van der Waals surface area (Å²) in [6.45, 7) is 15.6. The maximum atomic E-state index is 12.3. The van der Waals surface area contributed by atoms with Gasteiger partial charge in [-0.25, -0.2) is 13.1 Å². The Hall–Kier alpha value is -1.63. The average molecular weight is 743 g/mol. The summed E-state index contributed by atoms with van der Waals surface area (Å²) in [5, 5.41) is 1.52. The zero-order valence-corrected chi connectivity index (χ0v) is 30.7. The summed E-state index contributed by atoms with van der Waals surface area (Å²) in [5.74, 6) is -0.539. The molecule has 0 bridgehead atoms. The third-order valence-electron chi connectivity index (χ3n) is 4.82. The summed E-state index contributed by atoms with van der Waals surface area (Å²) in [6.07, 6.45) is 1.70. The fourth-order valence-electron chi connectivity index (χ4n) is 2.70. The number of halogens is 3. The molecule has 0 fully saturated rings. The number of nitrogens with zero attached hydrogens (tertiary/aromatic N) is 1. The molecule has 0 unspecified atom stereocenters. The molecule has 3 atom stereocenters. The number of hydrogen-bond donors (Lipinski definition) is 1. The van der Waals surface area contributed by atoms with Gasteiger partial charge in [-0.15, -0.1) is 0 Å². The van der Waals surface area contributed by atoms with Gasteiger partial charge in [0.15, 0.2) is 0 Å². The van der Waals surface area contributed by atoms with Crippen LogP contribution in [-0.4, -0.2) is 54.6 Å². The summed E-state index contributed by atoms with van der Waals surface area (Å²) >= 11 is 14.7. The highest BCUT2D eigenvalue weighted by molar-refractivity contribution is 9.09. The highest BCUT2D eigenvalue weighted by Gasteiger charge is 2.25. The quantitative estimate of drug-likeness (QED) is 0.153. The number of alkyl halides is 1. The van der Waals surface area contributed by atoms with Gasteiger partial charge in [0, 0.05) is 16.3 Å². The van der Waals surface area contributed by atoms with Crippen molar-refractivity contribution in [2.24, 2.45) is 4.40 Å². The van der Waals surface area contributed by atoms with Crippen LogP contribution >= 0.6 is 39.1 Å². The summed E-state index contributed by atoms with van der Waals surface area (Å²) in [4.78, 5) is 21.9. The Bertz CT molecular complexity index is 1230. The minimum atomic E-state index is -1.30. The third-order valence-corrected chi connectivity index (χ3v) is 8.70. The molecule has 0 aliphatic carbocycles. The van der Waals surface area contributed by atoms with Gasteiger partial charge in [0.1, 0.15) is 16.3 Å². The van der Waals surface area contributed by atoms with Crippen LogP contribution in [0.1, 0.15) is 79.0 Å². The molecule has 0 spiro atoms. The maximum Gasteiger partial charge on any atom is 0.316 e. The summed E-state index contributed by atoms with van der Waals surface area (Å²) < 4.78 is 39.6. The van der Waals surface area contributed by atoms with Gasteiger partial charge in [0.25, 0.3) is 0 Å². The van der Waals surface area contributed by atoms with E-state index in [9.17, 15) is 18.0 Å². The number of carbonyl (C=O) groups excluding carboxylic acids is 2. The average Bonchev–Trinajstić information content (AvgIpc) is 2.91. The van der Waals surface area contributed by atoms with E-state index in [1.165, 1.54) is 0 Å². The van der Waals surface area contributed by atoms with Crippen molar-refractivity contribution in [2.45, 2.75) is 77.3 Å². The molecule has 2 aromatic rings. The molecule has 0 saturated carbocycles. The molecule has 0 radical (unpaired) electrons. The van der Waals surface area contributed by atoms with Crippen molar-refractivity contribution >= 4 is 79.3 Å². The third kappa shape index (κ3) is 19.4. The first-order chi connectivity index (χ1) is 19.9. The van der Waals surface area contributed by atoms with E-state index in [1.54, 1.807) is 50.4 Å². The van der Waals surface area contributed by atoms with E-state index in [4.69, 9.17) is 27.9 Å². The minimum absolute atomic E-state index is 0.107. The van der Waals surface area contributed by atoms with E-state index in [-0.39, 0.29) is 23.1 Å². The predicted octanol–water partition coefficient (Wildman–Crippen LogP) is 7.55. The van der Waals surface area contributed by atoms with E-state index >= 15 is 0 Å². The van der Waals surface area contributed by atoms with Crippen LogP contribution in [0.25, 0.3) is 0 Å². The largest absolute Gasteiger partial charge is 0.466 e. The van der Waals surface area contributed by atoms with Gasteiger partial charge in [-0.05, 0) is 90.8 Å². The second kappa shape index (κ2) is 21.2. The molecule has 2 rings (SSSR count). The first-order valence-corrected chi connectivity index (χ1v) is 17.6. The fraction of sp³-hybridized carbons (Fsp3) is 0.500. The smallest absolute Gasteiger partial charge is 0.316 e. The first-order valence-electron chi connectivity index (χ1n) is 13.5. The van der Waals surface area contributed by atoms with Crippen LogP contribution in [0.15, 0.2) is 52.9 Å². The van der Waals surface area contributed by atoms with Crippen LogP contribution in [-0.2, 0) is 41.0 Å². The van der Waals surface area contributed by atoms with E-state index in [1.807, 2.05) is 59.7 Å². The number of benzene rings is 2. The zero-order valence-electron chi connectivity index (χ0n) is 25.9. The van der Waals surface area contributed by atoms with Gasteiger partial charge in [-0.2, -0.15) is 4.40 Å². The Morgan fingerprint density at radius 1 is 0.907 bits per heavy atom. The lowest BCUT2D eigenvalue weighted by Crippen LogP contribution is -2.36. The molecule has 0 heterocycles. The lowest BCUT2D eigenvalue weighted by molar-refractivity contribution is -0.143. The second-order valence-electron chi connectivity index (χ2n) is 10.7. The Labute approximate surface area is 280 Å². The van der Waals surface area contributed by atoms with Crippen LogP contribution in [0.3, 0.4) is 0 Å². The van der Waals surface area contributed by atoms with E-state index in [0.29, 0.717) is 28.6 Å². The van der Waals surface area contributed by atoms with Crippen LogP contribution in [0.4, 0.5) is 0 Å². The van der Waals surface area contributed by atoms with Crippen molar-refractivity contribution in [1.82, 2.24) is 4.72 Å². The van der Waals surface area contributed by atoms with Gasteiger partial charge < -0.3 is 9.47 Å². The predicted molar refractivity (Wildman–Crippen MR) is 184 cm³/mol. The SMILES string of the molecule is CC(C)(C)[S@](=O)N=Cc1cccc(Cl)c1.CCOC(=O)CBr.CCOC(=O)C[C@@H](N[S@@](=O)C(C)(C)C)c1cccc(Cl)c1. The Kier molecular flexibility index (Phi) is 20.4. The van der Waals surface area contributed by atoms with Crippen LogP contribution in [0.2, 0.25) is 10.0 Å². The normalized spacial score (nSPS) is 13.5. The fourth-order valence-corrected chi connectivity index (χ4v) is 4.62. The summed E-state index contributed by atoms with van der Waals surface area (Å²) in [5.41, 5.74) is 1.67. The van der Waals surface area contributed by atoms with Crippen molar-refractivity contribution in [2.75, 3.05) is 18.5 Å². The minimum Gasteiger partial charge on any atom is -0.466 e. The van der Waals surface area contributed by atoms with Crippen LogP contribution in [0.5, 0.6) is 0 Å². The molecule has 242 valence electrons. The number of rotatable bonds is 10. The Balaban J connectivity index is 0.000000696. The highest BCUT2D eigenvalue weighted by Crippen LogP contribution is 2.23. The van der Waals surface area contributed by atoms with Gasteiger partial charge in [-0.1, -0.05) is 63.4 Å². The Morgan fingerprint density at radius 3 is 1.88 bits per heavy atom. The van der Waals surface area contributed by atoms with Gasteiger partial charge in [-0.3, -0.25) is 9.59 Å². The van der Waals surface area contributed by atoms with Crippen molar-refractivity contribution in [1.29, 1.82) is 0 Å². The molecular formula is C30H43BrCl2N2O6S2. The molecular weight excluding hydrogens is 699 g/mol. The van der Waals surface area contributed by atoms with Crippen molar-refractivity contribution in [3.63, 3.8) is 0 Å². The Morgan fingerprint density at radius 2 is 1.44 bits per heavy atom. The van der Waals surface area contributed by atoms with Gasteiger partial charge >= 0.3 is 11.9 Å². The van der Waals surface area contributed by atoms with Crippen molar-refractivity contribution in [3.8, 4) is 0 Å². The summed E-state index contributed by atoms with van der Waals surface area (Å²) in [7, 11) is -2.51. The van der Waals surface area contributed by atoms with E-state index in [2.05, 4.69) is 29.8 Å². The van der Waals surface area contributed by atoms with Gasteiger partial charge in [0.05, 0.1) is 46.2 Å². The summed E-state index contributed by atoms with van der Waals surface area (Å²) in [6, 6.07) is 14.1. The standard InChI is InChI=1S/C15H22ClNO3S.C11H14ClNOS.C4H7BrO2/c1-5-20-14(18)10-13(17-21(19)15(2,3)4)11-7-6-8-12(16)9-11;1-11(2,3)15(14)13-8-9-5-4-6-10(12)7-9;1-2-7-4(6)3-5/h6-9,13,17H,5,10H2,1-4H3;4-8H,1-3H3;2-3H2,1H3/t13-,21+;15-;/m10./s1. The number of hydrogen-bond acceptors (Lipinski definition) is 6. The highest BCUT2D eigenvalue weighted by atomic mass is 79.9. The molecule has 0 amide bonds. The first kappa shape index (κ1) is 41.4. The monoisotopic (exact) mass is 740 g/mol. The lowest BCUT2D eigenvalue weighted by atomic mass is 10.1. The maximum absolute atomic E-state index is 12.3. The molecule has 0 saturated heterocycles. The molecule has 0 aliphatic heterocycles.